The molecular formula is C17H23N3O2. The number of carbonyl (C=O) groups excluding carboxylic acids is 1. The van der Waals surface area contributed by atoms with E-state index < -0.39 is 0 Å². The van der Waals surface area contributed by atoms with Gasteiger partial charge in [-0.25, -0.2) is 4.79 Å². The van der Waals surface area contributed by atoms with Gasteiger partial charge in [-0.3, -0.25) is 0 Å². The number of aromatic nitrogens is 1. The van der Waals surface area contributed by atoms with Crippen molar-refractivity contribution >= 4 is 16.9 Å². The molecule has 1 unspecified atom stereocenters. The second-order valence-corrected chi connectivity index (χ2v) is 6.27. The van der Waals surface area contributed by atoms with Crippen molar-refractivity contribution < 1.29 is 9.90 Å². The van der Waals surface area contributed by atoms with Gasteiger partial charge in [0, 0.05) is 22.6 Å². The normalized spacial score (nSPS) is 18.8. The third kappa shape index (κ3) is 2.95. The number of H-pyrrole nitrogens is 1. The van der Waals surface area contributed by atoms with E-state index >= 15 is 0 Å². The van der Waals surface area contributed by atoms with Gasteiger partial charge in [0.05, 0.1) is 12.6 Å². The minimum absolute atomic E-state index is 0.0516. The van der Waals surface area contributed by atoms with Gasteiger partial charge in [0.25, 0.3) is 0 Å². The van der Waals surface area contributed by atoms with E-state index in [9.17, 15) is 4.79 Å². The molecule has 0 aliphatic heterocycles. The van der Waals surface area contributed by atoms with Crippen LogP contribution in [0.2, 0.25) is 0 Å². The molecular weight excluding hydrogens is 278 g/mol. The Labute approximate surface area is 130 Å². The molecule has 0 bridgehead atoms. The molecule has 22 heavy (non-hydrogen) atoms. The van der Waals surface area contributed by atoms with Crippen LogP contribution in [-0.4, -0.2) is 34.8 Å². The molecule has 0 saturated carbocycles. The number of aliphatic hydroxyl groups excluding tert-OH is 1. The highest BCUT2D eigenvalue weighted by molar-refractivity contribution is 5.86. The minimum atomic E-state index is -0.227. The first kappa shape index (κ1) is 14.9. The molecule has 1 aliphatic carbocycles. The average Bonchev–Trinajstić information content (AvgIpc) is 2.84. The zero-order valence-electron chi connectivity index (χ0n) is 13.1. The number of aliphatic hydroxyl groups is 1. The van der Waals surface area contributed by atoms with E-state index in [0.717, 1.165) is 19.3 Å². The number of amides is 2. The lowest BCUT2D eigenvalue weighted by Crippen LogP contribution is -2.48. The zero-order chi connectivity index (χ0) is 15.7. The Hall–Kier alpha value is -2.01. The Morgan fingerprint density at radius 3 is 3.09 bits per heavy atom. The lowest BCUT2D eigenvalue weighted by atomic mass is 9.91. The molecule has 1 aromatic carbocycles. The molecule has 2 atom stereocenters. The van der Waals surface area contributed by atoms with Crippen molar-refractivity contribution in [2.24, 2.45) is 0 Å². The summed E-state index contributed by atoms with van der Waals surface area (Å²) in [5, 5.41) is 16.0. The molecule has 5 nitrogen and oxygen atoms in total. The topological polar surface area (TPSA) is 77.2 Å². The zero-order valence-corrected chi connectivity index (χ0v) is 13.1. The number of benzene rings is 1. The molecule has 4 N–H and O–H groups in total. The first-order valence-electron chi connectivity index (χ1n) is 7.84. The molecule has 0 spiro atoms. The number of aromatic amines is 1. The van der Waals surface area contributed by atoms with E-state index in [0.29, 0.717) is 0 Å². The maximum Gasteiger partial charge on any atom is 0.315 e. The Kier molecular flexibility index (Phi) is 4.07. The van der Waals surface area contributed by atoms with Crippen LogP contribution in [0, 0.1) is 6.92 Å². The van der Waals surface area contributed by atoms with Crippen molar-refractivity contribution in [3.63, 3.8) is 0 Å². The predicted molar refractivity (Wildman–Crippen MR) is 87.1 cm³/mol. The van der Waals surface area contributed by atoms with E-state index in [1.54, 1.807) is 6.92 Å². The molecule has 3 rings (SSSR count). The van der Waals surface area contributed by atoms with Crippen LogP contribution in [0.3, 0.4) is 0 Å². The Balaban J connectivity index is 1.74. The highest BCUT2D eigenvalue weighted by Gasteiger charge is 2.24. The van der Waals surface area contributed by atoms with Crippen molar-refractivity contribution in [2.45, 2.75) is 45.2 Å². The molecule has 2 amide bonds. The summed E-state index contributed by atoms with van der Waals surface area (Å²) in [6.45, 7) is 3.83. The summed E-state index contributed by atoms with van der Waals surface area (Å²) in [7, 11) is 0. The molecule has 2 aromatic rings. The maximum absolute atomic E-state index is 11.9. The van der Waals surface area contributed by atoms with Crippen LogP contribution in [-0.2, 0) is 12.8 Å². The second kappa shape index (κ2) is 6.01. The first-order chi connectivity index (χ1) is 10.6. The highest BCUT2D eigenvalue weighted by atomic mass is 16.3. The van der Waals surface area contributed by atoms with Crippen LogP contribution in [0.4, 0.5) is 4.79 Å². The van der Waals surface area contributed by atoms with Gasteiger partial charge in [0.1, 0.15) is 0 Å². The van der Waals surface area contributed by atoms with Gasteiger partial charge in [-0.05, 0) is 50.8 Å². The van der Waals surface area contributed by atoms with E-state index in [1.165, 1.54) is 27.7 Å². The number of fused-ring (bicyclic) bond motifs is 3. The van der Waals surface area contributed by atoms with Gasteiger partial charge in [-0.2, -0.15) is 0 Å². The van der Waals surface area contributed by atoms with Crippen LogP contribution in [0.15, 0.2) is 18.2 Å². The Bertz CT molecular complexity index is 693. The van der Waals surface area contributed by atoms with Crippen molar-refractivity contribution in [2.75, 3.05) is 6.61 Å². The SMILES string of the molecule is Cc1ccc2[nH]c3c(c2c1)CC(NC(=O)N[C@@H](C)CO)CC3. The quantitative estimate of drug-likeness (QED) is 0.700. The smallest absolute Gasteiger partial charge is 0.315 e. The van der Waals surface area contributed by atoms with Gasteiger partial charge in [-0.15, -0.1) is 0 Å². The van der Waals surface area contributed by atoms with Crippen molar-refractivity contribution in [1.82, 2.24) is 15.6 Å². The number of hydrogen-bond donors (Lipinski definition) is 4. The third-order valence-corrected chi connectivity index (χ3v) is 4.33. The number of urea groups is 1. The van der Waals surface area contributed by atoms with Crippen LogP contribution in [0.25, 0.3) is 10.9 Å². The van der Waals surface area contributed by atoms with Gasteiger partial charge >= 0.3 is 6.03 Å². The van der Waals surface area contributed by atoms with Crippen LogP contribution < -0.4 is 10.6 Å². The molecule has 1 aromatic heterocycles. The predicted octanol–water partition coefficient (Wildman–Crippen LogP) is 2.01. The third-order valence-electron chi connectivity index (χ3n) is 4.33. The standard InChI is InChI=1S/C17H23N3O2/c1-10-3-5-15-13(7-10)14-8-12(4-6-16(14)20-15)19-17(22)18-11(2)9-21/h3,5,7,11-12,20-21H,4,6,8-9H2,1-2H3,(H2,18,19,22)/t11-,12?/m0/s1. The summed E-state index contributed by atoms with van der Waals surface area (Å²) in [6, 6.07) is 6.16. The van der Waals surface area contributed by atoms with E-state index in [1.807, 2.05) is 0 Å². The molecule has 118 valence electrons. The van der Waals surface area contributed by atoms with E-state index in [2.05, 4.69) is 40.7 Å². The summed E-state index contributed by atoms with van der Waals surface area (Å²) in [5.74, 6) is 0. The monoisotopic (exact) mass is 301 g/mol. The van der Waals surface area contributed by atoms with Gasteiger partial charge < -0.3 is 20.7 Å². The van der Waals surface area contributed by atoms with Gasteiger partial charge in [-0.1, -0.05) is 11.6 Å². The summed E-state index contributed by atoms with van der Waals surface area (Å²) in [6.07, 6.45) is 2.73. The molecule has 0 saturated heterocycles. The molecule has 0 radical (unpaired) electrons. The lowest BCUT2D eigenvalue weighted by Gasteiger charge is -2.24. The molecule has 5 heteroatoms. The summed E-state index contributed by atoms with van der Waals surface area (Å²) >= 11 is 0. The number of carbonyl (C=O) groups is 1. The fraction of sp³-hybridized carbons (Fsp3) is 0.471. The molecule has 1 heterocycles. The maximum atomic E-state index is 11.9. The summed E-state index contributed by atoms with van der Waals surface area (Å²) < 4.78 is 0. The highest BCUT2D eigenvalue weighted by Crippen LogP contribution is 2.29. The summed E-state index contributed by atoms with van der Waals surface area (Å²) in [4.78, 5) is 15.4. The number of nitrogens with one attached hydrogen (secondary N) is 3. The summed E-state index contributed by atoms with van der Waals surface area (Å²) in [5.41, 5.74) is 5.04. The van der Waals surface area contributed by atoms with Crippen LogP contribution in [0.1, 0.15) is 30.2 Å². The van der Waals surface area contributed by atoms with Crippen molar-refractivity contribution in [3.8, 4) is 0 Å². The largest absolute Gasteiger partial charge is 0.394 e. The molecule has 0 fully saturated rings. The fourth-order valence-electron chi connectivity index (χ4n) is 3.15. The lowest BCUT2D eigenvalue weighted by molar-refractivity contribution is 0.216. The van der Waals surface area contributed by atoms with E-state index in [4.69, 9.17) is 5.11 Å². The number of hydrogen-bond acceptors (Lipinski definition) is 2. The Morgan fingerprint density at radius 2 is 2.32 bits per heavy atom. The van der Waals surface area contributed by atoms with Gasteiger partial charge in [0.2, 0.25) is 0 Å². The second-order valence-electron chi connectivity index (χ2n) is 6.27. The number of rotatable bonds is 3. The van der Waals surface area contributed by atoms with E-state index in [-0.39, 0.29) is 24.7 Å². The first-order valence-corrected chi connectivity index (χ1v) is 7.84. The van der Waals surface area contributed by atoms with Crippen molar-refractivity contribution in [1.29, 1.82) is 0 Å². The number of aryl methyl sites for hydroxylation is 2. The average molecular weight is 301 g/mol. The molecule has 1 aliphatic rings. The Morgan fingerprint density at radius 1 is 1.50 bits per heavy atom. The minimum Gasteiger partial charge on any atom is -0.394 e. The van der Waals surface area contributed by atoms with Crippen molar-refractivity contribution in [3.05, 3.63) is 35.0 Å². The van der Waals surface area contributed by atoms with Crippen LogP contribution >= 0.6 is 0 Å². The van der Waals surface area contributed by atoms with Gasteiger partial charge in [0.15, 0.2) is 0 Å². The fourth-order valence-corrected chi connectivity index (χ4v) is 3.15. The van der Waals surface area contributed by atoms with Crippen LogP contribution in [0.5, 0.6) is 0 Å².